The summed E-state index contributed by atoms with van der Waals surface area (Å²) < 4.78 is 5.41. The van der Waals surface area contributed by atoms with Gasteiger partial charge in [0.1, 0.15) is 0 Å². The summed E-state index contributed by atoms with van der Waals surface area (Å²) in [6.07, 6.45) is 0. The molecule has 1 saturated heterocycles. The zero-order valence-electron chi connectivity index (χ0n) is 17.6. The highest BCUT2D eigenvalue weighted by atomic mass is 32.2. The van der Waals surface area contributed by atoms with Gasteiger partial charge in [-0.3, -0.25) is 4.79 Å². The van der Waals surface area contributed by atoms with Gasteiger partial charge in [0.15, 0.2) is 5.16 Å². The maximum absolute atomic E-state index is 12.4. The number of carboxylic acid groups (broad SMARTS) is 1. The second-order valence-electron chi connectivity index (χ2n) is 7.05. The molecule has 0 atom stereocenters. The number of nitrogens with one attached hydrogen (secondary N) is 2. The van der Waals surface area contributed by atoms with E-state index in [4.69, 9.17) is 9.84 Å². The van der Waals surface area contributed by atoms with Gasteiger partial charge in [-0.15, -0.1) is 0 Å². The van der Waals surface area contributed by atoms with E-state index < -0.39 is 5.97 Å². The van der Waals surface area contributed by atoms with E-state index in [9.17, 15) is 9.59 Å². The van der Waals surface area contributed by atoms with Gasteiger partial charge in [0.2, 0.25) is 17.8 Å². The third-order valence-corrected chi connectivity index (χ3v) is 5.50. The molecule has 170 valence electrons. The number of carbonyl (C=O) groups is 2. The van der Waals surface area contributed by atoms with Gasteiger partial charge in [-0.25, -0.2) is 4.79 Å². The molecule has 11 heteroatoms. The maximum Gasteiger partial charge on any atom is 0.335 e. The Kier molecular flexibility index (Phi) is 7.33. The fourth-order valence-electron chi connectivity index (χ4n) is 3.08. The Hall–Kier alpha value is -3.70. The summed E-state index contributed by atoms with van der Waals surface area (Å²) in [6, 6.07) is 15.6. The highest BCUT2D eigenvalue weighted by Crippen LogP contribution is 2.22. The summed E-state index contributed by atoms with van der Waals surface area (Å²) >= 11 is 1.17. The molecule has 33 heavy (non-hydrogen) atoms. The van der Waals surface area contributed by atoms with Gasteiger partial charge in [-0.1, -0.05) is 36.0 Å². The van der Waals surface area contributed by atoms with Crippen LogP contribution in [-0.4, -0.2) is 64.0 Å². The lowest BCUT2D eigenvalue weighted by atomic mass is 10.2. The van der Waals surface area contributed by atoms with E-state index in [0.29, 0.717) is 49.0 Å². The number of para-hydroxylation sites is 1. The standard InChI is InChI=1S/C22H22N6O4S/c29-18(23-17-8-4-5-15(13-17)19(30)31)14-33-22-26-20(24-16-6-2-1-3-7-16)25-21(27-22)28-9-11-32-12-10-28/h1-8,13H,9-12,14H2,(H,23,29)(H,30,31)(H,24,25,26,27). The molecular weight excluding hydrogens is 444 g/mol. The largest absolute Gasteiger partial charge is 0.478 e. The molecule has 1 aliphatic heterocycles. The quantitative estimate of drug-likeness (QED) is 0.426. The van der Waals surface area contributed by atoms with Crippen LogP contribution in [0.5, 0.6) is 0 Å². The van der Waals surface area contributed by atoms with Crippen molar-refractivity contribution in [1.29, 1.82) is 0 Å². The van der Waals surface area contributed by atoms with Crippen molar-refractivity contribution in [2.24, 2.45) is 0 Å². The number of thioether (sulfide) groups is 1. The molecule has 0 radical (unpaired) electrons. The predicted molar refractivity (Wildman–Crippen MR) is 125 cm³/mol. The van der Waals surface area contributed by atoms with Gasteiger partial charge in [-0.05, 0) is 30.3 Å². The second-order valence-corrected chi connectivity index (χ2v) is 8.00. The summed E-state index contributed by atoms with van der Waals surface area (Å²) in [7, 11) is 0. The number of carbonyl (C=O) groups excluding carboxylic acids is 1. The monoisotopic (exact) mass is 466 g/mol. The number of morpholine rings is 1. The van der Waals surface area contributed by atoms with E-state index in [1.807, 2.05) is 35.2 Å². The normalized spacial score (nSPS) is 13.4. The van der Waals surface area contributed by atoms with Gasteiger partial charge in [0.25, 0.3) is 0 Å². The number of rotatable bonds is 8. The van der Waals surface area contributed by atoms with E-state index in [0.717, 1.165) is 5.69 Å². The first kappa shape index (κ1) is 22.5. The molecule has 0 bridgehead atoms. The molecule has 3 N–H and O–H groups in total. The van der Waals surface area contributed by atoms with Crippen LogP contribution in [0.2, 0.25) is 0 Å². The predicted octanol–water partition coefficient (Wildman–Crippen LogP) is 2.88. The molecule has 10 nitrogen and oxygen atoms in total. The van der Waals surface area contributed by atoms with Crippen LogP contribution < -0.4 is 15.5 Å². The van der Waals surface area contributed by atoms with E-state index >= 15 is 0 Å². The van der Waals surface area contributed by atoms with Gasteiger partial charge in [0, 0.05) is 24.5 Å². The van der Waals surface area contributed by atoms with Crippen molar-refractivity contribution in [2.75, 3.05) is 47.6 Å². The van der Waals surface area contributed by atoms with Crippen molar-refractivity contribution in [1.82, 2.24) is 15.0 Å². The van der Waals surface area contributed by atoms with Crippen molar-refractivity contribution in [2.45, 2.75) is 5.16 Å². The first-order chi connectivity index (χ1) is 16.1. The summed E-state index contributed by atoms with van der Waals surface area (Å²) in [5.74, 6) is -0.402. The third kappa shape index (κ3) is 6.40. The summed E-state index contributed by atoms with van der Waals surface area (Å²) in [4.78, 5) is 39.1. The van der Waals surface area contributed by atoms with Crippen LogP contribution in [0.15, 0.2) is 59.8 Å². The van der Waals surface area contributed by atoms with Crippen LogP contribution in [0.25, 0.3) is 0 Å². The average Bonchev–Trinajstić information content (AvgIpc) is 2.84. The molecule has 4 rings (SSSR count). The fourth-order valence-corrected chi connectivity index (χ4v) is 3.71. The number of anilines is 4. The van der Waals surface area contributed by atoms with Crippen LogP contribution in [0, 0.1) is 0 Å². The Labute approximate surface area is 194 Å². The van der Waals surface area contributed by atoms with E-state index in [-0.39, 0.29) is 17.2 Å². The molecule has 1 aliphatic rings. The Bertz CT molecular complexity index is 1120. The van der Waals surface area contributed by atoms with Crippen LogP contribution in [0.1, 0.15) is 10.4 Å². The topological polar surface area (TPSA) is 130 Å². The molecule has 0 unspecified atom stereocenters. The Balaban J connectivity index is 1.47. The minimum absolute atomic E-state index is 0.0502. The van der Waals surface area contributed by atoms with Gasteiger partial charge < -0.3 is 25.4 Å². The molecule has 1 fully saturated rings. The van der Waals surface area contributed by atoms with E-state index in [2.05, 4.69) is 25.6 Å². The van der Waals surface area contributed by atoms with Crippen molar-refractivity contribution >= 4 is 46.9 Å². The fraction of sp³-hybridized carbons (Fsp3) is 0.227. The SMILES string of the molecule is O=C(CSc1nc(Nc2ccccc2)nc(N2CCOCC2)n1)Nc1cccc(C(=O)O)c1. The first-order valence-corrected chi connectivity index (χ1v) is 11.2. The Morgan fingerprint density at radius 3 is 2.52 bits per heavy atom. The Morgan fingerprint density at radius 2 is 1.76 bits per heavy atom. The highest BCUT2D eigenvalue weighted by Gasteiger charge is 2.18. The van der Waals surface area contributed by atoms with Crippen LogP contribution >= 0.6 is 11.8 Å². The minimum Gasteiger partial charge on any atom is -0.478 e. The lowest BCUT2D eigenvalue weighted by molar-refractivity contribution is -0.113. The van der Waals surface area contributed by atoms with Gasteiger partial charge in [-0.2, -0.15) is 15.0 Å². The average molecular weight is 467 g/mol. The molecular formula is C22H22N6O4S. The molecule has 0 saturated carbocycles. The van der Waals surface area contributed by atoms with Crippen LogP contribution in [0.4, 0.5) is 23.3 Å². The number of ether oxygens (including phenoxy) is 1. The summed E-state index contributed by atoms with van der Waals surface area (Å²) in [6.45, 7) is 2.51. The smallest absolute Gasteiger partial charge is 0.335 e. The number of carboxylic acids is 1. The summed E-state index contributed by atoms with van der Waals surface area (Å²) in [5.41, 5.74) is 1.35. The van der Waals surface area contributed by atoms with Crippen molar-refractivity contribution in [3.8, 4) is 0 Å². The third-order valence-electron chi connectivity index (χ3n) is 4.65. The van der Waals surface area contributed by atoms with Crippen molar-refractivity contribution in [3.05, 3.63) is 60.2 Å². The zero-order chi connectivity index (χ0) is 23.0. The van der Waals surface area contributed by atoms with Crippen LogP contribution in [-0.2, 0) is 9.53 Å². The number of amides is 1. The number of aromatic carboxylic acids is 1. The number of aromatic nitrogens is 3. The Morgan fingerprint density at radius 1 is 1.00 bits per heavy atom. The lowest BCUT2D eigenvalue weighted by Crippen LogP contribution is -2.37. The lowest BCUT2D eigenvalue weighted by Gasteiger charge is -2.27. The summed E-state index contributed by atoms with van der Waals surface area (Å²) in [5, 5.41) is 15.4. The molecule has 1 aromatic heterocycles. The molecule has 0 aliphatic carbocycles. The number of hydrogen-bond donors (Lipinski definition) is 3. The number of hydrogen-bond acceptors (Lipinski definition) is 9. The van der Waals surface area contributed by atoms with Crippen molar-refractivity contribution < 1.29 is 19.4 Å². The highest BCUT2D eigenvalue weighted by molar-refractivity contribution is 7.99. The van der Waals surface area contributed by atoms with E-state index in [1.54, 1.807) is 12.1 Å². The number of benzene rings is 2. The van der Waals surface area contributed by atoms with Gasteiger partial charge >= 0.3 is 5.97 Å². The maximum atomic E-state index is 12.4. The second kappa shape index (κ2) is 10.7. The van der Waals surface area contributed by atoms with Crippen LogP contribution in [0.3, 0.4) is 0 Å². The molecule has 3 aromatic rings. The van der Waals surface area contributed by atoms with Gasteiger partial charge in [0.05, 0.1) is 24.5 Å². The van der Waals surface area contributed by atoms with Crippen molar-refractivity contribution in [3.63, 3.8) is 0 Å². The number of nitrogens with zero attached hydrogens (tertiary/aromatic N) is 4. The molecule has 2 aromatic carbocycles. The molecule has 2 heterocycles. The zero-order valence-corrected chi connectivity index (χ0v) is 18.4. The molecule has 1 amide bonds. The van der Waals surface area contributed by atoms with E-state index in [1.165, 1.54) is 23.9 Å². The molecule has 0 spiro atoms. The minimum atomic E-state index is -1.06. The first-order valence-electron chi connectivity index (χ1n) is 10.2.